The van der Waals surface area contributed by atoms with Crippen LogP contribution >= 0.6 is 0 Å². The van der Waals surface area contributed by atoms with Gasteiger partial charge in [0.25, 0.3) is 5.91 Å². The summed E-state index contributed by atoms with van der Waals surface area (Å²) >= 11 is 0. The van der Waals surface area contributed by atoms with Crippen molar-refractivity contribution in [2.24, 2.45) is 5.92 Å². The third-order valence-electron chi connectivity index (χ3n) is 6.90. The van der Waals surface area contributed by atoms with Gasteiger partial charge in [-0.05, 0) is 30.2 Å². The molecule has 0 N–H and O–H groups in total. The van der Waals surface area contributed by atoms with E-state index in [2.05, 4.69) is 0 Å². The number of rotatable bonds is 5. The molecule has 1 unspecified atom stereocenters. The minimum absolute atomic E-state index is 0.111. The number of hydrogen-bond acceptors (Lipinski definition) is 6. The summed E-state index contributed by atoms with van der Waals surface area (Å²) in [5.41, 5.74) is -0.429. The Hall–Kier alpha value is -2.65. The second-order valence-corrected chi connectivity index (χ2v) is 9.59. The highest BCUT2D eigenvalue weighted by Gasteiger charge is 2.54. The molecule has 3 amide bonds. The van der Waals surface area contributed by atoms with Gasteiger partial charge in [0.2, 0.25) is 11.8 Å². The van der Waals surface area contributed by atoms with E-state index in [1.54, 1.807) is 41.2 Å². The van der Waals surface area contributed by atoms with Crippen LogP contribution in [0.3, 0.4) is 0 Å². The van der Waals surface area contributed by atoms with Gasteiger partial charge in [-0.3, -0.25) is 19.3 Å². The van der Waals surface area contributed by atoms with Gasteiger partial charge in [-0.1, -0.05) is 13.8 Å². The first kappa shape index (κ1) is 24.5. The minimum Gasteiger partial charge on any atom is -0.497 e. The predicted molar refractivity (Wildman–Crippen MR) is 124 cm³/mol. The van der Waals surface area contributed by atoms with Gasteiger partial charge in [0.05, 0.1) is 26.9 Å². The molecule has 1 aromatic rings. The first-order chi connectivity index (χ1) is 16.3. The lowest BCUT2D eigenvalue weighted by Gasteiger charge is -2.45. The molecule has 0 aliphatic carbocycles. The van der Waals surface area contributed by atoms with Crippen LogP contribution in [0.1, 0.15) is 43.5 Å². The van der Waals surface area contributed by atoms with Crippen LogP contribution in [0.5, 0.6) is 5.75 Å². The zero-order chi connectivity index (χ0) is 24.3. The van der Waals surface area contributed by atoms with E-state index < -0.39 is 11.8 Å². The monoisotopic (exact) mass is 473 g/mol. The third kappa shape index (κ3) is 4.90. The van der Waals surface area contributed by atoms with Crippen LogP contribution in [0.4, 0.5) is 0 Å². The number of methoxy groups -OCH3 is 1. The Kier molecular flexibility index (Phi) is 7.42. The number of piperidine rings is 1. The average Bonchev–Trinajstić information content (AvgIpc) is 3.22. The number of nitrogens with zero attached hydrogens (tertiary/aromatic N) is 3. The highest BCUT2D eigenvalue weighted by Crippen LogP contribution is 2.39. The summed E-state index contributed by atoms with van der Waals surface area (Å²) in [5, 5.41) is 0. The maximum Gasteiger partial charge on any atom is 0.256 e. The van der Waals surface area contributed by atoms with Gasteiger partial charge in [-0.25, -0.2) is 0 Å². The molecule has 9 nitrogen and oxygen atoms in total. The van der Waals surface area contributed by atoms with Gasteiger partial charge in [0, 0.05) is 51.0 Å². The second-order valence-electron chi connectivity index (χ2n) is 9.59. The Morgan fingerprint density at radius 3 is 2.26 bits per heavy atom. The summed E-state index contributed by atoms with van der Waals surface area (Å²) in [4.78, 5) is 45.1. The van der Waals surface area contributed by atoms with Gasteiger partial charge >= 0.3 is 0 Å². The topological polar surface area (TPSA) is 88.6 Å². The lowest BCUT2D eigenvalue weighted by Crippen LogP contribution is -2.60. The second kappa shape index (κ2) is 10.3. The van der Waals surface area contributed by atoms with Crippen molar-refractivity contribution in [2.75, 3.05) is 53.1 Å². The lowest BCUT2D eigenvalue weighted by atomic mass is 9.95. The maximum atomic E-state index is 13.8. The van der Waals surface area contributed by atoms with Crippen LogP contribution < -0.4 is 4.74 Å². The van der Waals surface area contributed by atoms with E-state index in [0.29, 0.717) is 70.0 Å². The lowest BCUT2D eigenvalue weighted by molar-refractivity contribution is -0.147. The predicted octanol–water partition coefficient (Wildman–Crippen LogP) is 1.76. The van der Waals surface area contributed by atoms with Gasteiger partial charge in [0.15, 0.2) is 0 Å². The van der Waals surface area contributed by atoms with Crippen molar-refractivity contribution in [3.8, 4) is 5.75 Å². The van der Waals surface area contributed by atoms with E-state index in [4.69, 9.17) is 14.2 Å². The van der Waals surface area contributed by atoms with E-state index in [0.717, 1.165) is 0 Å². The highest BCUT2D eigenvalue weighted by molar-refractivity contribution is 5.98. The fourth-order valence-electron chi connectivity index (χ4n) is 5.01. The van der Waals surface area contributed by atoms with Gasteiger partial charge in [0.1, 0.15) is 17.5 Å². The molecular weight excluding hydrogens is 438 g/mol. The molecule has 3 heterocycles. The van der Waals surface area contributed by atoms with Crippen LogP contribution in [0.25, 0.3) is 0 Å². The summed E-state index contributed by atoms with van der Waals surface area (Å²) in [6.07, 6.45) is 1.46. The molecule has 3 fully saturated rings. The van der Waals surface area contributed by atoms with Crippen LogP contribution in [0, 0.1) is 5.92 Å². The molecule has 3 aliphatic rings. The summed E-state index contributed by atoms with van der Waals surface area (Å²) < 4.78 is 16.9. The molecule has 1 aromatic carbocycles. The number of likely N-dealkylation sites (tertiary alicyclic amines) is 1. The van der Waals surface area contributed by atoms with Crippen molar-refractivity contribution in [1.82, 2.24) is 14.7 Å². The van der Waals surface area contributed by atoms with Crippen LogP contribution in [-0.4, -0.2) is 97.3 Å². The fourth-order valence-corrected chi connectivity index (χ4v) is 5.01. The van der Waals surface area contributed by atoms with E-state index in [9.17, 15) is 14.4 Å². The number of carbonyl (C=O) groups is 3. The van der Waals surface area contributed by atoms with Crippen LogP contribution in [-0.2, 0) is 19.1 Å². The third-order valence-corrected chi connectivity index (χ3v) is 6.90. The zero-order valence-corrected chi connectivity index (χ0v) is 20.3. The molecular formula is C25H35N3O6. The first-order valence-corrected chi connectivity index (χ1v) is 12.1. The Labute approximate surface area is 200 Å². The highest BCUT2D eigenvalue weighted by atomic mass is 16.5. The van der Waals surface area contributed by atoms with E-state index in [1.165, 1.54) is 0 Å². The summed E-state index contributed by atoms with van der Waals surface area (Å²) in [5.74, 6) is 0.711. The number of carbonyl (C=O) groups excluding carboxylic acids is 3. The largest absolute Gasteiger partial charge is 0.497 e. The van der Waals surface area contributed by atoms with E-state index in [-0.39, 0.29) is 30.2 Å². The SMILES string of the molecule is COc1ccc(C(=O)N2C(C(=O)N3CCOCC3)COC23CCN(C(=O)CC(C)C)CC3)cc1. The molecule has 4 rings (SSSR count). The van der Waals surface area contributed by atoms with Crippen LogP contribution in [0.15, 0.2) is 24.3 Å². The molecule has 0 saturated carbocycles. The molecule has 1 spiro atoms. The quantitative estimate of drug-likeness (QED) is 0.648. The molecule has 0 bridgehead atoms. The maximum absolute atomic E-state index is 13.8. The van der Waals surface area contributed by atoms with Crippen molar-refractivity contribution < 1.29 is 28.6 Å². The number of morpholine rings is 1. The summed E-state index contributed by atoms with van der Waals surface area (Å²) in [7, 11) is 1.57. The smallest absolute Gasteiger partial charge is 0.256 e. The zero-order valence-electron chi connectivity index (χ0n) is 20.3. The Morgan fingerprint density at radius 1 is 1.03 bits per heavy atom. The standard InChI is InChI=1S/C25H35N3O6/c1-18(2)16-22(29)26-10-8-25(9-11-26)28(23(30)19-4-6-20(32-3)7-5-19)21(17-34-25)24(31)27-12-14-33-15-13-27/h4-7,18,21H,8-17H2,1-3H3. The van der Waals surface area contributed by atoms with Crippen molar-refractivity contribution >= 4 is 17.7 Å². The summed E-state index contributed by atoms with van der Waals surface area (Å²) in [6, 6.07) is 6.20. The van der Waals surface area contributed by atoms with Gasteiger partial charge < -0.3 is 24.0 Å². The minimum atomic E-state index is -0.905. The van der Waals surface area contributed by atoms with Gasteiger partial charge in [-0.2, -0.15) is 0 Å². The first-order valence-electron chi connectivity index (χ1n) is 12.1. The molecule has 34 heavy (non-hydrogen) atoms. The van der Waals surface area contributed by atoms with Crippen molar-refractivity contribution in [1.29, 1.82) is 0 Å². The van der Waals surface area contributed by atoms with Crippen molar-refractivity contribution in [3.63, 3.8) is 0 Å². The van der Waals surface area contributed by atoms with Crippen LogP contribution in [0.2, 0.25) is 0 Å². The molecule has 3 saturated heterocycles. The number of amides is 3. The fraction of sp³-hybridized carbons (Fsp3) is 0.640. The summed E-state index contributed by atoms with van der Waals surface area (Å²) in [6.45, 7) is 7.19. The molecule has 9 heteroatoms. The molecule has 0 aromatic heterocycles. The number of hydrogen-bond donors (Lipinski definition) is 0. The molecule has 186 valence electrons. The Balaban J connectivity index is 1.58. The Bertz CT molecular complexity index is 888. The van der Waals surface area contributed by atoms with E-state index >= 15 is 0 Å². The molecule has 3 aliphatic heterocycles. The van der Waals surface area contributed by atoms with Crippen molar-refractivity contribution in [3.05, 3.63) is 29.8 Å². The van der Waals surface area contributed by atoms with Crippen molar-refractivity contribution in [2.45, 2.75) is 44.9 Å². The van der Waals surface area contributed by atoms with Gasteiger partial charge in [-0.15, -0.1) is 0 Å². The number of ether oxygens (including phenoxy) is 3. The Morgan fingerprint density at radius 2 is 1.68 bits per heavy atom. The normalized spacial score (nSPS) is 22.4. The number of benzene rings is 1. The molecule has 1 atom stereocenters. The van der Waals surface area contributed by atoms with E-state index in [1.807, 2.05) is 18.7 Å². The molecule has 0 radical (unpaired) electrons. The average molecular weight is 474 g/mol.